The van der Waals surface area contributed by atoms with E-state index in [0.29, 0.717) is 6.42 Å². The van der Waals surface area contributed by atoms with E-state index in [0.717, 1.165) is 23.1 Å². The SMILES string of the molecule is O=C(NO)C1CCN1C(=O)c1cccc(C(F)(F)F)c1. The number of amides is 2. The maximum Gasteiger partial charge on any atom is 0.416 e. The van der Waals surface area contributed by atoms with Crippen molar-refractivity contribution in [2.75, 3.05) is 6.54 Å². The van der Waals surface area contributed by atoms with E-state index in [2.05, 4.69) is 0 Å². The highest BCUT2D eigenvalue weighted by Gasteiger charge is 2.38. The highest BCUT2D eigenvalue weighted by Crippen LogP contribution is 2.30. The maximum atomic E-state index is 12.6. The molecule has 108 valence electrons. The lowest BCUT2D eigenvalue weighted by Crippen LogP contribution is -2.57. The molecular formula is C12H11F3N2O3. The number of hydrogen-bond acceptors (Lipinski definition) is 3. The number of carbonyl (C=O) groups is 2. The van der Waals surface area contributed by atoms with E-state index in [1.54, 1.807) is 0 Å². The first kappa shape index (κ1) is 14.3. The average Bonchev–Trinajstić information content (AvgIpc) is 2.36. The van der Waals surface area contributed by atoms with Crippen LogP contribution in [0.1, 0.15) is 22.3 Å². The second-order valence-corrected chi connectivity index (χ2v) is 4.36. The van der Waals surface area contributed by atoms with Gasteiger partial charge in [0.05, 0.1) is 5.56 Å². The Labute approximate surface area is 111 Å². The van der Waals surface area contributed by atoms with Crippen molar-refractivity contribution in [2.24, 2.45) is 0 Å². The average molecular weight is 288 g/mol. The van der Waals surface area contributed by atoms with Gasteiger partial charge < -0.3 is 4.90 Å². The predicted octanol–water partition coefficient (Wildman–Crippen LogP) is 1.43. The molecule has 1 aliphatic heterocycles. The number of nitrogens with zero attached hydrogens (tertiary/aromatic N) is 1. The topological polar surface area (TPSA) is 69.6 Å². The molecule has 1 aromatic rings. The van der Waals surface area contributed by atoms with Crippen molar-refractivity contribution in [1.29, 1.82) is 0 Å². The standard InChI is InChI=1S/C12H11F3N2O3/c13-12(14,15)8-3-1-2-7(6-8)11(19)17-5-4-9(17)10(18)16-20/h1-3,6,9,20H,4-5H2,(H,16,18). The van der Waals surface area contributed by atoms with Crippen molar-refractivity contribution in [3.05, 3.63) is 35.4 Å². The Kier molecular flexibility index (Phi) is 3.67. The van der Waals surface area contributed by atoms with Gasteiger partial charge in [-0.1, -0.05) is 6.07 Å². The Hall–Kier alpha value is -2.09. The number of likely N-dealkylation sites (tertiary alicyclic amines) is 1. The maximum absolute atomic E-state index is 12.6. The van der Waals surface area contributed by atoms with Crippen molar-refractivity contribution >= 4 is 11.8 Å². The predicted molar refractivity (Wildman–Crippen MR) is 60.8 cm³/mol. The first-order chi connectivity index (χ1) is 9.34. The van der Waals surface area contributed by atoms with Crippen molar-refractivity contribution < 1.29 is 28.0 Å². The summed E-state index contributed by atoms with van der Waals surface area (Å²) in [6.45, 7) is 0.257. The van der Waals surface area contributed by atoms with Crippen LogP contribution in [-0.2, 0) is 11.0 Å². The van der Waals surface area contributed by atoms with Crippen LogP contribution in [0.5, 0.6) is 0 Å². The quantitative estimate of drug-likeness (QED) is 0.639. The molecule has 1 fully saturated rings. The first-order valence-electron chi connectivity index (χ1n) is 5.77. The molecule has 1 aromatic carbocycles. The fraction of sp³-hybridized carbons (Fsp3) is 0.333. The van der Waals surface area contributed by atoms with Gasteiger partial charge in [0.2, 0.25) is 0 Å². The lowest BCUT2D eigenvalue weighted by molar-refractivity contribution is -0.138. The molecule has 1 aliphatic rings. The third-order valence-corrected chi connectivity index (χ3v) is 3.13. The van der Waals surface area contributed by atoms with Gasteiger partial charge in [0.15, 0.2) is 0 Å². The summed E-state index contributed by atoms with van der Waals surface area (Å²) >= 11 is 0. The normalized spacial score (nSPS) is 18.4. The molecule has 0 saturated carbocycles. The Morgan fingerprint density at radius 3 is 2.55 bits per heavy atom. The molecule has 2 rings (SSSR count). The van der Waals surface area contributed by atoms with Crippen molar-refractivity contribution in [3.8, 4) is 0 Å². The summed E-state index contributed by atoms with van der Waals surface area (Å²) in [7, 11) is 0. The summed E-state index contributed by atoms with van der Waals surface area (Å²) in [5.41, 5.74) is 0.359. The Morgan fingerprint density at radius 2 is 2.05 bits per heavy atom. The summed E-state index contributed by atoms with van der Waals surface area (Å²) in [4.78, 5) is 24.4. The van der Waals surface area contributed by atoms with Gasteiger partial charge in [-0.05, 0) is 24.6 Å². The molecule has 8 heteroatoms. The summed E-state index contributed by atoms with van der Waals surface area (Å²) in [5.74, 6) is -1.42. The molecule has 1 unspecified atom stereocenters. The lowest BCUT2D eigenvalue weighted by atomic mass is 10.00. The van der Waals surface area contributed by atoms with E-state index in [1.807, 2.05) is 0 Å². The number of benzene rings is 1. The molecule has 0 aromatic heterocycles. The lowest BCUT2D eigenvalue weighted by Gasteiger charge is -2.39. The van der Waals surface area contributed by atoms with E-state index in [1.165, 1.54) is 11.5 Å². The monoisotopic (exact) mass is 288 g/mol. The zero-order valence-electron chi connectivity index (χ0n) is 10.1. The van der Waals surface area contributed by atoms with Crippen LogP contribution in [0.15, 0.2) is 24.3 Å². The van der Waals surface area contributed by atoms with Gasteiger partial charge in [0.1, 0.15) is 6.04 Å². The number of alkyl halides is 3. The smallest absolute Gasteiger partial charge is 0.326 e. The van der Waals surface area contributed by atoms with Crippen molar-refractivity contribution in [2.45, 2.75) is 18.6 Å². The molecule has 0 radical (unpaired) electrons. The number of hydrogen-bond donors (Lipinski definition) is 2. The van der Waals surface area contributed by atoms with E-state index < -0.39 is 29.6 Å². The zero-order valence-corrected chi connectivity index (χ0v) is 10.1. The molecule has 0 spiro atoms. The van der Waals surface area contributed by atoms with E-state index in [4.69, 9.17) is 5.21 Å². The van der Waals surface area contributed by atoms with Crippen LogP contribution in [0.4, 0.5) is 13.2 Å². The summed E-state index contributed by atoms with van der Waals surface area (Å²) in [5, 5.41) is 8.50. The summed E-state index contributed by atoms with van der Waals surface area (Å²) in [6.07, 6.45) is -4.18. The van der Waals surface area contributed by atoms with Crippen LogP contribution in [0, 0.1) is 0 Å². The van der Waals surface area contributed by atoms with Gasteiger partial charge in [-0.25, -0.2) is 5.48 Å². The number of nitrogens with one attached hydrogen (secondary N) is 1. The largest absolute Gasteiger partial charge is 0.416 e. The van der Waals surface area contributed by atoms with Crippen LogP contribution in [0.3, 0.4) is 0 Å². The Morgan fingerprint density at radius 1 is 1.35 bits per heavy atom. The third kappa shape index (κ3) is 2.60. The molecule has 2 N–H and O–H groups in total. The fourth-order valence-electron chi connectivity index (χ4n) is 1.97. The molecule has 0 bridgehead atoms. The number of rotatable bonds is 2. The number of halogens is 3. The molecule has 2 amide bonds. The van der Waals surface area contributed by atoms with Crippen LogP contribution >= 0.6 is 0 Å². The minimum Gasteiger partial charge on any atom is -0.326 e. The van der Waals surface area contributed by atoms with Gasteiger partial charge in [-0.2, -0.15) is 13.2 Å². The molecule has 0 aliphatic carbocycles. The molecular weight excluding hydrogens is 277 g/mol. The Balaban J connectivity index is 2.20. The third-order valence-electron chi connectivity index (χ3n) is 3.13. The molecule has 20 heavy (non-hydrogen) atoms. The van der Waals surface area contributed by atoms with Gasteiger partial charge in [-0.15, -0.1) is 0 Å². The van der Waals surface area contributed by atoms with E-state index in [-0.39, 0.29) is 12.1 Å². The molecule has 1 saturated heterocycles. The minimum absolute atomic E-state index is 0.143. The minimum atomic E-state index is -4.53. The van der Waals surface area contributed by atoms with E-state index in [9.17, 15) is 22.8 Å². The zero-order chi connectivity index (χ0) is 14.9. The number of hydroxylamine groups is 1. The van der Waals surface area contributed by atoms with Crippen LogP contribution in [0.2, 0.25) is 0 Å². The highest BCUT2D eigenvalue weighted by molar-refractivity contribution is 5.98. The highest BCUT2D eigenvalue weighted by atomic mass is 19.4. The van der Waals surface area contributed by atoms with Crippen LogP contribution in [0.25, 0.3) is 0 Å². The molecule has 1 heterocycles. The summed E-state index contributed by atoms with van der Waals surface area (Å²) < 4.78 is 37.7. The van der Waals surface area contributed by atoms with Gasteiger partial charge >= 0.3 is 6.18 Å². The first-order valence-corrected chi connectivity index (χ1v) is 5.77. The second kappa shape index (κ2) is 5.12. The molecule has 5 nitrogen and oxygen atoms in total. The van der Waals surface area contributed by atoms with Gasteiger partial charge in [0, 0.05) is 12.1 Å². The Bertz CT molecular complexity index is 545. The van der Waals surface area contributed by atoms with E-state index >= 15 is 0 Å². The summed E-state index contributed by atoms with van der Waals surface area (Å²) in [6, 6.07) is 3.15. The second-order valence-electron chi connectivity index (χ2n) is 4.36. The van der Waals surface area contributed by atoms with Crippen molar-refractivity contribution in [1.82, 2.24) is 10.4 Å². The fourth-order valence-corrected chi connectivity index (χ4v) is 1.97. The van der Waals surface area contributed by atoms with Crippen LogP contribution in [-0.4, -0.2) is 34.5 Å². The number of carbonyl (C=O) groups excluding carboxylic acids is 2. The van der Waals surface area contributed by atoms with Crippen molar-refractivity contribution in [3.63, 3.8) is 0 Å². The van der Waals surface area contributed by atoms with Crippen LogP contribution < -0.4 is 5.48 Å². The van der Waals surface area contributed by atoms with Gasteiger partial charge in [0.25, 0.3) is 11.8 Å². The van der Waals surface area contributed by atoms with Gasteiger partial charge in [-0.3, -0.25) is 14.8 Å². The molecule has 1 atom stereocenters.